The molecule has 0 aliphatic rings. The van der Waals surface area contributed by atoms with Crippen LogP contribution in [0.3, 0.4) is 0 Å². The first-order valence-electron chi connectivity index (χ1n) is 2.61. The molecule has 1 atom stereocenters. The summed E-state index contributed by atoms with van der Waals surface area (Å²) in [5.41, 5.74) is 4.77. The fourth-order valence-electron chi connectivity index (χ4n) is 0.459. The number of aliphatic carboxylic acids is 1. The van der Waals surface area contributed by atoms with Gasteiger partial charge in [0, 0.05) is 7.11 Å². The first-order valence-corrected chi connectivity index (χ1v) is 2.61. The zero-order valence-electron chi connectivity index (χ0n) is 5.53. The second-order valence-corrected chi connectivity index (χ2v) is 1.72. The summed E-state index contributed by atoms with van der Waals surface area (Å²) in [5.74, 6) is -1.87. The summed E-state index contributed by atoms with van der Waals surface area (Å²) in [4.78, 5) is 20.3. The number of primary amides is 1. The lowest BCUT2D eigenvalue weighted by atomic mass is 10.2. The van der Waals surface area contributed by atoms with Gasteiger partial charge in [-0.25, -0.2) is 0 Å². The van der Waals surface area contributed by atoms with Crippen LogP contribution in [0.5, 0.6) is 0 Å². The Bertz CT molecular complexity index is 145. The molecule has 0 aromatic heterocycles. The van der Waals surface area contributed by atoms with E-state index in [0.717, 1.165) is 0 Å². The van der Waals surface area contributed by atoms with E-state index in [9.17, 15) is 9.59 Å². The molecular formula is C5H9NO4. The molecule has 0 saturated carbocycles. The molecule has 5 heteroatoms. The number of carboxylic acid groups (broad SMARTS) is 1. The molecule has 0 fully saturated rings. The van der Waals surface area contributed by atoms with Crippen molar-refractivity contribution in [3.63, 3.8) is 0 Å². The van der Waals surface area contributed by atoms with Crippen LogP contribution in [0.15, 0.2) is 0 Å². The summed E-state index contributed by atoms with van der Waals surface area (Å²) < 4.78 is 4.47. The number of amides is 1. The van der Waals surface area contributed by atoms with Crippen molar-refractivity contribution in [1.82, 2.24) is 0 Å². The van der Waals surface area contributed by atoms with E-state index >= 15 is 0 Å². The topological polar surface area (TPSA) is 89.6 Å². The molecule has 0 aliphatic carbocycles. The second-order valence-electron chi connectivity index (χ2n) is 1.72. The highest BCUT2D eigenvalue weighted by atomic mass is 16.5. The van der Waals surface area contributed by atoms with Gasteiger partial charge in [-0.2, -0.15) is 0 Å². The first-order chi connectivity index (χ1) is 4.57. The Balaban J connectivity index is 3.83. The van der Waals surface area contributed by atoms with Crippen LogP contribution < -0.4 is 5.73 Å². The zero-order chi connectivity index (χ0) is 8.15. The Morgan fingerprint density at radius 3 is 2.30 bits per heavy atom. The number of rotatable bonds is 4. The van der Waals surface area contributed by atoms with E-state index in [1.165, 1.54) is 7.11 Å². The number of carbonyl (C=O) groups excluding carboxylic acids is 1. The van der Waals surface area contributed by atoms with E-state index in [4.69, 9.17) is 10.8 Å². The summed E-state index contributed by atoms with van der Waals surface area (Å²) in [6, 6.07) is 0. The van der Waals surface area contributed by atoms with Gasteiger partial charge in [0.1, 0.15) is 6.10 Å². The third kappa shape index (κ3) is 3.03. The van der Waals surface area contributed by atoms with Crippen molar-refractivity contribution in [3.05, 3.63) is 0 Å². The summed E-state index contributed by atoms with van der Waals surface area (Å²) in [6.45, 7) is 0. The Kier molecular flexibility index (Phi) is 3.42. The number of hydrogen-bond acceptors (Lipinski definition) is 3. The number of ether oxygens (including phenoxy) is 1. The first kappa shape index (κ1) is 8.90. The molecule has 0 heterocycles. The van der Waals surface area contributed by atoms with Crippen LogP contribution in [0.25, 0.3) is 0 Å². The minimum Gasteiger partial charge on any atom is -0.481 e. The van der Waals surface area contributed by atoms with Crippen molar-refractivity contribution >= 4 is 11.9 Å². The normalized spacial score (nSPS) is 12.5. The minimum atomic E-state index is -1.11. The third-order valence-electron chi connectivity index (χ3n) is 0.962. The Labute approximate surface area is 57.8 Å². The van der Waals surface area contributed by atoms with E-state index in [0.29, 0.717) is 0 Å². The Hall–Kier alpha value is -1.10. The molecule has 0 rings (SSSR count). The lowest BCUT2D eigenvalue weighted by molar-refractivity contribution is -0.144. The minimum absolute atomic E-state index is 0.383. The summed E-state index contributed by atoms with van der Waals surface area (Å²) in [5, 5.41) is 8.18. The molecule has 3 N–H and O–H groups in total. The summed E-state index contributed by atoms with van der Waals surface area (Å²) in [6.07, 6.45) is -1.40. The molecule has 0 unspecified atom stereocenters. The highest BCUT2D eigenvalue weighted by molar-refractivity contribution is 5.83. The van der Waals surface area contributed by atoms with E-state index in [-0.39, 0.29) is 6.42 Å². The molecule has 0 bridgehead atoms. The van der Waals surface area contributed by atoms with Crippen molar-refractivity contribution in [1.29, 1.82) is 0 Å². The fourth-order valence-corrected chi connectivity index (χ4v) is 0.459. The molecule has 10 heavy (non-hydrogen) atoms. The lowest BCUT2D eigenvalue weighted by Gasteiger charge is -2.06. The van der Waals surface area contributed by atoms with Crippen LogP contribution in [0, 0.1) is 0 Å². The third-order valence-corrected chi connectivity index (χ3v) is 0.962. The maximum Gasteiger partial charge on any atom is 0.306 e. The quantitative estimate of drug-likeness (QED) is 0.531. The van der Waals surface area contributed by atoms with Crippen LogP contribution in [-0.2, 0) is 14.3 Å². The van der Waals surface area contributed by atoms with E-state index in [1.807, 2.05) is 0 Å². The van der Waals surface area contributed by atoms with Crippen LogP contribution in [0.1, 0.15) is 6.42 Å². The summed E-state index contributed by atoms with van der Waals surface area (Å²) in [7, 11) is 1.23. The number of carboxylic acids is 1. The van der Waals surface area contributed by atoms with Gasteiger partial charge in [-0.15, -0.1) is 0 Å². The van der Waals surface area contributed by atoms with Gasteiger partial charge in [0.2, 0.25) is 5.91 Å². The van der Waals surface area contributed by atoms with Gasteiger partial charge in [-0.3, -0.25) is 9.59 Å². The van der Waals surface area contributed by atoms with Gasteiger partial charge in [-0.1, -0.05) is 0 Å². The van der Waals surface area contributed by atoms with Gasteiger partial charge in [-0.05, 0) is 0 Å². The van der Waals surface area contributed by atoms with Crippen molar-refractivity contribution in [3.8, 4) is 0 Å². The number of hydrogen-bond donors (Lipinski definition) is 2. The van der Waals surface area contributed by atoms with Crippen molar-refractivity contribution in [2.75, 3.05) is 7.11 Å². The largest absolute Gasteiger partial charge is 0.481 e. The van der Waals surface area contributed by atoms with Crippen molar-refractivity contribution < 1.29 is 19.4 Å². The molecule has 0 aliphatic heterocycles. The second kappa shape index (κ2) is 3.84. The molecule has 0 aromatic rings. The van der Waals surface area contributed by atoms with Gasteiger partial charge in [0.05, 0.1) is 6.42 Å². The predicted octanol–water partition coefficient (Wildman–Crippen LogP) is -1.04. The zero-order valence-corrected chi connectivity index (χ0v) is 5.53. The van der Waals surface area contributed by atoms with Gasteiger partial charge in [0.25, 0.3) is 0 Å². The molecule has 58 valence electrons. The maximum absolute atomic E-state index is 10.3. The van der Waals surface area contributed by atoms with E-state index in [2.05, 4.69) is 4.74 Å². The van der Waals surface area contributed by atoms with Gasteiger partial charge < -0.3 is 15.6 Å². The van der Waals surface area contributed by atoms with E-state index < -0.39 is 18.0 Å². The molecule has 5 nitrogen and oxygen atoms in total. The smallest absolute Gasteiger partial charge is 0.306 e. The van der Waals surface area contributed by atoms with Crippen LogP contribution in [0.4, 0.5) is 0 Å². The van der Waals surface area contributed by atoms with Crippen molar-refractivity contribution in [2.45, 2.75) is 12.5 Å². The lowest BCUT2D eigenvalue weighted by Crippen LogP contribution is -2.32. The highest BCUT2D eigenvalue weighted by Gasteiger charge is 2.17. The van der Waals surface area contributed by atoms with Crippen LogP contribution >= 0.6 is 0 Å². The molecular weight excluding hydrogens is 138 g/mol. The summed E-state index contributed by atoms with van der Waals surface area (Å²) >= 11 is 0. The van der Waals surface area contributed by atoms with Crippen LogP contribution in [-0.4, -0.2) is 30.2 Å². The molecule has 0 aromatic carbocycles. The number of carbonyl (C=O) groups is 2. The number of methoxy groups -OCH3 is 1. The SMILES string of the molecule is CO[C@@H](CC(=O)O)C(N)=O. The van der Waals surface area contributed by atoms with Crippen LogP contribution in [0.2, 0.25) is 0 Å². The maximum atomic E-state index is 10.3. The van der Waals surface area contributed by atoms with Gasteiger partial charge in [0.15, 0.2) is 0 Å². The predicted molar refractivity (Wildman–Crippen MR) is 32.2 cm³/mol. The Morgan fingerprint density at radius 1 is 1.70 bits per heavy atom. The molecule has 0 spiro atoms. The monoisotopic (exact) mass is 147 g/mol. The fraction of sp³-hybridized carbons (Fsp3) is 0.600. The van der Waals surface area contributed by atoms with Gasteiger partial charge >= 0.3 is 5.97 Å². The average Bonchev–Trinajstić information content (AvgIpc) is 1.81. The molecule has 0 radical (unpaired) electrons. The van der Waals surface area contributed by atoms with Crippen molar-refractivity contribution in [2.24, 2.45) is 5.73 Å². The number of nitrogens with two attached hydrogens (primary N) is 1. The molecule has 1 amide bonds. The molecule has 0 saturated heterocycles. The average molecular weight is 147 g/mol. The highest BCUT2D eigenvalue weighted by Crippen LogP contribution is 1.94. The standard InChI is InChI=1S/C5H9NO4/c1-10-3(5(6)9)2-4(7)8/h3H,2H2,1H3,(H2,6,9)(H,7,8)/t3-/m0/s1. The Morgan fingerprint density at radius 2 is 2.20 bits per heavy atom. The van der Waals surface area contributed by atoms with E-state index in [1.54, 1.807) is 0 Å².